The lowest BCUT2D eigenvalue weighted by molar-refractivity contribution is 0.0980. The molecule has 1 aromatic heterocycles. The highest BCUT2D eigenvalue weighted by Crippen LogP contribution is 2.30. The second-order valence-electron chi connectivity index (χ2n) is 8.87. The minimum atomic E-state index is 0.123. The van der Waals surface area contributed by atoms with Gasteiger partial charge in [-0.1, -0.05) is 44.2 Å². The van der Waals surface area contributed by atoms with E-state index >= 15 is 0 Å². The second kappa shape index (κ2) is 10.6. The molecule has 4 heteroatoms. The van der Waals surface area contributed by atoms with Gasteiger partial charge in [-0.05, 0) is 68.9 Å². The molecule has 0 saturated heterocycles. The van der Waals surface area contributed by atoms with Gasteiger partial charge in [-0.25, -0.2) is 9.97 Å². The van der Waals surface area contributed by atoms with Crippen LogP contribution in [-0.2, 0) is 6.42 Å². The molecule has 1 fully saturated rings. The number of benzene rings is 1. The van der Waals surface area contributed by atoms with Crippen molar-refractivity contribution in [2.75, 3.05) is 7.11 Å². The van der Waals surface area contributed by atoms with Crippen LogP contribution in [0.1, 0.15) is 91.1 Å². The van der Waals surface area contributed by atoms with Crippen LogP contribution in [0.3, 0.4) is 0 Å². The zero-order chi connectivity index (χ0) is 22.3. The van der Waals surface area contributed by atoms with Gasteiger partial charge >= 0.3 is 0 Å². The molecule has 1 aliphatic carbocycles. The fourth-order valence-electron chi connectivity index (χ4n) is 4.73. The van der Waals surface area contributed by atoms with E-state index in [1.807, 2.05) is 31.2 Å². The van der Waals surface area contributed by atoms with E-state index in [0.29, 0.717) is 17.9 Å². The molecule has 1 heterocycles. The minimum absolute atomic E-state index is 0.123. The molecule has 1 aliphatic rings. The molecule has 0 amide bonds. The number of carbonyl (C=O) groups is 1. The molecule has 0 radical (unpaired) electrons. The number of methoxy groups -OCH3 is 1. The van der Waals surface area contributed by atoms with Crippen molar-refractivity contribution in [2.45, 2.75) is 77.0 Å². The lowest BCUT2D eigenvalue weighted by Crippen LogP contribution is -2.04. The molecule has 0 unspecified atom stereocenters. The van der Waals surface area contributed by atoms with Crippen LogP contribution in [0.2, 0.25) is 0 Å². The topological polar surface area (TPSA) is 52.1 Å². The Morgan fingerprint density at radius 3 is 2.53 bits per heavy atom. The van der Waals surface area contributed by atoms with E-state index in [4.69, 9.17) is 4.74 Å². The van der Waals surface area contributed by atoms with Gasteiger partial charge in [0.15, 0.2) is 5.78 Å². The fraction of sp³-hybridized carbons (Fsp3) is 0.464. The summed E-state index contributed by atoms with van der Waals surface area (Å²) in [6.07, 6.45) is 11.0. The molecule has 0 atom stereocenters. The van der Waals surface area contributed by atoms with Gasteiger partial charge in [0.25, 0.3) is 0 Å². The van der Waals surface area contributed by atoms with Gasteiger partial charge in [0, 0.05) is 17.4 Å². The third kappa shape index (κ3) is 5.46. The van der Waals surface area contributed by atoms with E-state index in [-0.39, 0.29) is 5.78 Å². The predicted molar refractivity (Wildman–Crippen MR) is 127 cm³/mol. The van der Waals surface area contributed by atoms with Gasteiger partial charge in [0.1, 0.15) is 11.6 Å². The van der Waals surface area contributed by atoms with Crippen molar-refractivity contribution in [1.29, 1.82) is 0 Å². The van der Waals surface area contributed by atoms with Crippen LogP contribution >= 0.6 is 0 Å². The van der Waals surface area contributed by atoms with Crippen molar-refractivity contribution in [2.24, 2.45) is 0 Å². The summed E-state index contributed by atoms with van der Waals surface area (Å²) in [5.41, 5.74) is 3.74. The van der Waals surface area contributed by atoms with Crippen molar-refractivity contribution < 1.29 is 9.53 Å². The molecular formula is C28H32N2O2. The molecule has 32 heavy (non-hydrogen) atoms. The molecule has 0 aliphatic heterocycles. The van der Waals surface area contributed by atoms with Crippen LogP contribution in [0.4, 0.5) is 0 Å². The van der Waals surface area contributed by atoms with Gasteiger partial charge in [-0.3, -0.25) is 4.79 Å². The maximum atomic E-state index is 12.7. The van der Waals surface area contributed by atoms with E-state index in [9.17, 15) is 4.79 Å². The van der Waals surface area contributed by atoms with Gasteiger partial charge in [0.05, 0.1) is 23.9 Å². The Morgan fingerprint density at radius 2 is 1.81 bits per heavy atom. The molecule has 2 aromatic carbocycles. The quantitative estimate of drug-likeness (QED) is 0.399. The summed E-state index contributed by atoms with van der Waals surface area (Å²) in [5.74, 6) is 2.23. The van der Waals surface area contributed by atoms with Gasteiger partial charge < -0.3 is 4.74 Å². The zero-order valence-corrected chi connectivity index (χ0v) is 19.2. The van der Waals surface area contributed by atoms with Crippen molar-refractivity contribution in [3.63, 3.8) is 0 Å². The monoisotopic (exact) mass is 428 g/mol. The standard InChI is InChI=1S/C28H32N2O2/c1-20-29-26(25-19-24(32-2)17-18-27(25)30-20)11-8-12-28(31)23-15-13-22(14-16-23)21-9-6-4-3-5-7-10-21/h13,15,17-19,21H,3-12H2,1-2H3. The normalized spacial score (nSPS) is 15.1. The van der Waals surface area contributed by atoms with Crippen LogP contribution in [0, 0.1) is 19.1 Å². The van der Waals surface area contributed by atoms with Crippen molar-refractivity contribution in [1.82, 2.24) is 9.97 Å². The number of ketones is 1. The average molecular weight is 429 g/mol. The van der Waals surface area contributed by atoms with E-state index in [1.54, 1.807) is 7.11 Å². The van der Waals surface area contributed by atoms with E-state index in [1.165, 1.54) is 50.5 Å². The van der Waals surface area contributed by atoms with E-state index in [2.05, 4.69) is 28.2 Å². The highest BCUT2D eigenvalue weighted by atomic mass is 16.5. The number of aryl methyl sites for hydroxylation is 2. The number of ether oxygens (including phenoxy) is 1. The van der Waals surface area contributed by atoms with Crippen LogP contribution in [0.5, 0.6) is 5.75 Å². The van der Waals surface area contributed by atoms with Gasteiger partial charge in [-0.15, -0.1) is 0 Å². The third-order valence-corrected chi connectivity index (χ3v) is 6.53. The summed E-state index contributed by atoms with van der Waals surface area (Å²) in [6, 6.07) is 16.4. The summed E-state index contributed by atoms with van der Waals surface area (Å²) in [4.78, 5) is 21.9. The Balaban J connectivity index is 1.38. The van der Waals surface area contributed by atoms with Crippen LogP contribution < -0.4 is 4.74 Å². The number of aromatic nitrogens is 2. The summed E-state index contributed by atoms with van der Waals surface area (Å²) >= 11 is 0. The van der Waals surface area contributed by atoms with Gasteiger partial charge in [-0.2, -0.15) is 0 Å². The largest absolute Gasteiger partial charge is 0.497 e. The third-order valence-electron chi connectivity index (χ3n) is 6.53. The first-order chi connectivity index (χ1) is 15.6. The number of fused-ring (bicyclic) bond motifs is 1. The minimum Gasteiger partial charge on any atom is -0.497 e. The number of hydrogen-bond acceptors (Lipinski definition) is 4. The Kier molecular flexibility index (Phi) is 7.37. The first kappa shape index (κ1) is 22.3. The Morgan fingerprint density at radius 1 is 1.03 bits per heavy atom. The molecule has 3 aromatic rings. The SMILES string of the molecule is COc1ccc2nc(C)nc(CCCC(=O)c3c#cc(C4CCCCCCC4)cc3)c2c1. The van der Waals surface area contributed by atoms with Crippen molar-refractivity contribution in [3.8, 4) is 5.75 Å². The number of rotatable bonds is 7. The van der Waals surface area contributed by atoms with Gasteiger partial charge in [0.2, 0.25) is 0 Å². The van der Waals surface area contributed by atoms with Crippen molar-refractivity contribution >= 4 is 16.7 Å². The lowest BCUT2D eigenvalue weighted by Gasteiger charge is -2.18. The highest BCUT2D eigenvalue weighted by Gasteiger charge is 2.15. The molecule has 166 valence electrons. The first-order valence-electron chi connectivity index (χ1n) is 11.9. The second-order valence-corrected chi connectivity index (χ2v) is 8.87. The number of Topliss-reactive ketones (excluding diaryl/α,β-unsaturated/α-hetero) is 1. The summed E-state index contributed by atoms with van der Waals surface area (Å²) in [7, 11) is 1.66. The molecular weight excluding hydrogens is 396 g/mol. The number of hydrogen-bond donors (Lipinski definition) is 0. The Hall–Kier alpha value is -2.93. The molecule has 4 rings (SSSR count). The summed E-state index contributed by atoms with van der Waals surface area (Å²) < 4.78 is 5.36. The molecule has 0 spiro atoms. The molecule has 0 N–H and O–H groups in total. The van der Waals surface area contributed by atoms with E-state index < -0.39 is 0 Å². The fourth-order valence-corrected chi connectivity index (χ4v) is 4.73. The highest BCUT2D eigenvalue weighted by molar-refractivity contribution is 5.95. The van der Waals surface area contributed by atoms with Crippen LogP contribution in [0.25, 0.3) is 10.9 Å². The number of nitrogens with zero attached hydrogens (tertiary/aromatic N) is 2. The Labute approximate surface area is 191 Å². The van der Waals surface area contributed by atoms with E-state index in [0.717, 1.165) is 41.0 Å². The molecule has 4 nitrogen and oxygen atoms in total. The van der Waals surface area contributed by atoms with Crippen LogP contribution in [0.15, 0.2) is 30.3 Å². The predicted octanol–water partition coefficient (Wildman–Crippen LogP) is 6.58. The molecule has 0 bridgehead atoms. The first-order valence-corrected chi connectivity index (χ1v) is 11.9. The molecule has 1 saturated carbocycles. The smallest absolute Gasteiger partial charge is 0.171 e. The Bertz CT molecular complexity index is 1050. The average Bonchev–Trinajstić information content (AvgIpc) is 2.78. The summed E-state index contributed by atoms with van der Waals surface area (Å²) in [6.45, 7) is 1.90. The maximum absolute atomic E-state index is 12.7. The zero-order valence-electron chi connectivity index (χ0n) is 19.2. The lowest BCUT2D eigenvalue weighted by atomic mass is 9.86. The van der Waals surface area contributed by atoms with Crippen molar-refractivity contribution in [3.05, 3.63) is 65.1 Å². The maximum Gasteiger partial charge on any atom is 0.171 e. The van der Waals surface area contributed by atoms with Crippen LogP contribution in [-0.4, -0.2) is 22.9 Å². The number of carbonyl (C=O) groups excluding carboxylic acids is 1. The summed E-state index contributed by atoms with van der Waals surface area (Å²) in [5, 5.41) is 0.992.